The van der Waals surface area contributed by atoms with Gasteiger partial charge in [0.15, 0.2) is 0 Å². The van der Waals surface area contributed by atoms with Gasteiger partial charge in [0.1, 0.15) is 5.69 Å². The van der Waals surface area contributed by atoms with E-state index >= 15 is 0 Å². The fourth-order valence-corrected chi connectivity index (χ4v) is 3.48. The number of benzene rings is 2. The maximum absolute atomic E-state index is 11.3. The van der Waals surface area contributed by atoms with Crippen molar-refractivity contribution in [3.8, 4) is 16.9 Å². The van der Waals surface area contributed by atoms with E-state index in [0.717, 1.165) is 5.56 Å². The second-order valence-corrected chi connectivity index (χ2v) is 7.12. The normalized spacial score (nSPS) is 11.6. The minimum Gasteiger partial charge on any atom is -0.396 e. The van der Waals surface area contributed by atoms with Gasteiger partial charge in [-0.05, 0) is 24.6 Å². The van der Waals surface area contributed by atoms with Crippen LogP contribution in [0.1, 0.15) is 5.56 Å². The number of hydrogen-bond donors (Lipinski definition) is 2. The third-order valence-corrected chi connectivity index (χ3v) is 4.66. The first kappa shape index (κ1) is 16.5. The van der Waals surface area contributed by atoms with Gasteiger partial charge in [-0.3, -0.25) is 4.55 Å². The Morgan fingerprint density at radius 1 is 1.21 bits per heavy atom. The molecule has 1 aromatic heterocycles. The van der Waals surface area contributed by atoms with Crippen LogP contribution in [-0.4, -0.2) is 22.8 Å². The summed E-state index contributed by atoms with van der Waals surface area (Å²) in [5.41, 5.74) is 9.01. The quantitative estimate of drug-likeness (QED) is 0.695. The molecule has 3 aromatic rings. The van der Waals surface area contributed by atoms with Crippen molar-refractivity contribution >= 4 is 27.4 Å². The molecule has 0 saturated carbocycles. The van der Waals surface area contributed by atoms with Gasteiger partial charge in [0.25, 0.3) is 10.1 Å². The van der Waals surface area contributed by atoms with Crippen molar-refractivity contribution in [1.29, 1.82) is 0 Å². The molecule has 0 aliphatic carbocycles. The summed E-state index contributed by atoms with van der Waals surface area (Å²) in [4.78, 5) is -0.267. The standard InChI is InChI=1S/C16H14ClN3O3S/c1-10-7-12(24(21,22)23)8-13(17)16(10)20-9-14(18)15(19-20)11-5-3-2-4-6-11/h2-9H,18H2,1H3,(H,21,22,23). The number of nitrogen functional groups attached to an aromatic ring is 1. The van der Waals surface area contributed by atoms with Crippen molar-refractivity contribution in [2.24, 2.45) is 0 Å². The third-order valence-electron chi connectivity index (χ3n) is 3.54. The first-order valence-electron chi connectivity index (χ1n) is 6.96. The van der Waals surface area contributed by atoms with E-state index in [1.807, 2.05) is 30.3 Å². The molecule has 3 N–H and O–H groups in total. The number of aromatic nitrogens is 2. The minimum absolute atomic E-state index is 0.143. The lowest BCUT2D eigenvalue weighted by Gasteiger charge is -2.10. The molecule has 124 valence electrons. The molecule has 8 heteroatoms. The summed E-state index contributed by atoms with van der Waals surface area (Å²) in [5, 5.41) is 4.60. The molecular formula is C16H14ClN3O3S. The smallest absolute Gasteiger partial charge is 0.294 e. The van der Waals surface area contributed by atoms with E-state index < -0.39 is 10.1 Å². The molecule has 0 amide bonds. The lowest BCUT2D eigenvalue weighted by molar-refractivity contribution is 0.483. The monoisotopic (exact) mass is 363 g/mol. The molecule has 0 unspecified atom stereocenters. The Labute approximate surface area is 144 Å². The van der Waals surface area contributed by atoms with E-state index in [4.69, 9.17) is 21.9 Å². The molecule has 6 nitrogen and oxygen atoms in total. The second-order valence-electron chi connectivity index (χ2n) is 5.29. The summed E-state index contributed by atoms with van der Waals surface area (Å²) in [6.07, 6.45) is 1.61. The maximum atomic E-state index is 11.3. The van der Waals surface area contributed by atoms with Crippen molar-refractivity contribution in [2.75, 3.05) is 5.73 Å². The van der Waals surface area contributed by atoms with Crippen LogP contribution >= 0.6 is 11.6 Å². The first-order valence-corrected chi connectivity index (χ1v) is 8.78. The van der Waals surface area contributed by atoms with Crippen LogP contribution in [0.2, 0.25) is 5.02 Å². The highest BCUT2D eigenvalue weighted by atomic mass is 35.5. The summed E-state index contributed by atoms with van der Waals surface area (Å²) in [6, 6.07) is 11.9. The molecule has 2 aromatic carbocycles. The van der Waals surface area contributed by atoms with Gasteiger partial charge in [0.2, 0.25) is 0 Å². The predicted molar refractivity (Wildman–Crippen MR) is 93.0 cm³/mol. The highest BCUT2D eigenvalue weighted by molar-refractivity contribution is 7.85. The van der Waals surface area contributed by atoms with Crippen LogP contribution in [0.15, 0.2) is 53.6 Å². The Balaban J connectivity index is 2.14. The Morgan fingerprint density at radius 3 is 2.46 bits per heavy atom. The summed E-state index contributed by atoms with van der Waals surface area (Å²) in [6.45, 7) is 1.68. The number of rotatable bonds is 3. The lowest BCUT2D eigenvalue weighted by atomic mass is 10.1. The van der Waals surface area contributed by atoms with E-state index in [9.17, 15) is 8.42 Å². The number of anilines is 1. The molecular weight excluding hydrogens is 350 g/mol. The van der Waals surface area contributed by atoms with Gasteiger partial charge in [0, 0.05) is 5.56 Å². The van der Waals surface area contributed by atoms with Crippen LogP contribution < -0.4 is 5.73 Å². The van der Waals surface area contributed by atoms with Gasteiger partial charge in [-0.15, -0.1) is 0 Å². The SMILES string of the molecule is Cc1cc(S(=O)(=O)O)cc(Cl)c1-n1cc(N)c(-c2ccccc2)n1. The van der Waals surface area contributed by atoms with E-state index in [1.165, 1.54) is 16.8 Å². The predicted octanol–water partition coefficient (Wildman–Crippen LogP) is 3.33. The van der Waals surface area contributed by atoms with Gasteiger partial charge in [-0.1, -0.05) is 41.9 Å². The summed E-state index contributed by atoms with van der Waals surface area (Å²) in [5.74, 6) is 0. The number of hydrogen-bond acceptors (Lipinski definition) is 4. The molecule has 0 aliphatic heterocycles. The van der Waals surface area contributed by atoms with E-state index in [0.29, 0.717) is 22.6 Å². The fraction of sp³-hybridized carbons (Fsp3) is 0.0625. The minimum atomic E-state index is -4.33. The number of aryl methyl sites for hydroxylation is 1. The summed E-state index contributed by atoms with van der Waals surface area (Å²) >= 11 is 6.21. The Hall–Kier alpha value is -2.35. The molecule has 0 spiro atoms. The average Bonchev–Trinajstić information content (AvgIpc) is 2.88. The van der Waals surface area contributed by atoms with Crippen molar-refractivity contribution in [2.45, 2.75) is 11.8 Å². The third kappa shape index (κ3) is 3.01. The molecule has 0 bridgehead atoms. The molecule has 0 aliphatic rings. The average molecular weight is 364 g/mol. The zero-order chi connectivity index (χ0) is 17.5. The highest BCUT2D eigenvalue weighted by Crippen LogP contribution is 2.31. The zero-order valence-electron chi connectivity index (χ0n) is 12.6. The van der Waals surface area contributed by atoms with Crippen molar-refractivity contribution in [1.82, 2.24) is 9.78 Å². The number of nitrogens with zero attached hydrogens (tertiary/aromatic N) is 2. The number of nitrogens with two attached hydrogens (primary N) is 1. The van der Waals surface area contributed by atoms with Gasteiger partial charge < -0.3 is 5.73 Å². The van der Waals surface area contributed by atoms with Gasteiger partial charge in [0.05, 0.1) is 27.5 Å². The van der Waals surface area contributed by atoms with Crippen LogP contribution in [0.25, 0.3) is 16.9 Å². The summed E-state index contributed by atoms with van der Waals surface area (Å²) < 4.78 is 33.2. The first-order chi connectivity index (χ1) is 11.3. The molecule has 0 saturated heterocycles. The summed E-state index contributed by atoms with van der Waals surface area (Å²) in [7, 11) is -4.33. The van der Waals surface area contributed by atoms with Gasteiger partial charge in [-0.25, -0.2) is 4.68 Å². The Bertz CT molecular complexity index is 991. The van der Waals surface area contributed by atoms with Gasteiger partial charge in [-0.2, -0.15) is 13.5 Å². The van der Waals surface area contributed by atoms with Gasteiger partial charge >= 0.3 is 0 Å². The number of halogens is 1. The van der Waals surface area contributed by atoms with Crippen molar-refractivity contribution in [3.05, 3.63) is 59.2 Å². The van der Waals surface area contributed by atoms with E-state index in [-0.39, 0.29) is 9.92 Å². The topological polar surface area (TPSA) is 98.2 Å². The molecule has 3 rings (SSSR count). The molecule has 0 radical (unpaired) electrons. The maximum Gasteiger partial charge on any atom is 0.294 e. The van der Waals surface area contributed by atoms with Crippen LogP contribution in [0, 0.1) is 6.92 Å². The molecule has 1 heterocycles. The van der Waals surface area contributed by atoms with Crippen molar-refractivity contribution in [3.63, 3.8) is 0 Å². The van der Waals surface area contributed by atoms with E-state index in [2.05, 4.69) is 5.10 Å². The highest BCUT2D eigenvalue weighted by Gasteiger charge is 2.18. The Morgan fingerprint density at radius 2 is 1.88 bits per heavy atom. The van der Waals surface area contributed by atoms with E-state index in [1.54, 1.807) is 13.1 Å². The zero-order valence-corrected chi connectivity index (χ0v) is 14.2. The Kier molecular flexibility index (Phi) is 4.08. The fourth-order valence-electron chi connectivity index (χ4n) is 2.47. The molecule has 24 heavy (non-hydrogen) atoms. The lowest BCUT2D eigenvalue weighted by Crippen LogP contribution is -2.04. The van der Waals surface area contributed by atoms with Crippen LogP contribution in [0.3, 0.4) is 0 Å². The van der Waals surface area contributed by atoms with Crippen LogP contribution in [0.4, 0.5) is 5.69 Å². The van der Waals surface area contributed by atoms with Crippen molar-refractivity contribution < 1.29 is 13.0 Å². The van der Waals surface area contributed by atoms with Crippen LogP contribution in [0.5, 0.6) is 0 Å². The van der Waals surface area contributed by atoms with Crippen LogP contribution in [-0.2, 0) is 10.1 Å². The molecule has 0 atom stereocenters. The molecule has 0 fully saturated rings. The second kappa shape index (κ2) is 5.94. The largest absolute Gasteiger partial charge is 0.396 e.